The van der Waals surface area contributed by atoms with Crippen LogP contribution in [0, 0.1) is 5.41 Å². The van der Waals surface area contributed by atoms with Gasteiger partial charge in [-0.3, -0.25) is 4.90 Å². The van der Waals surface area contributed by atoms with Crippen LogP contribution in [-0.2, 0) is 4.74 Å². The summed E-state index contributed by atoms with van der Waals surface area (Å²) in [7, 11) is 0. The Bertz CT molecular complexity index is 235. The monoisotopic (exact) mass is 240 g/mol. The van der Waals surface area contributed by atoms with Crippen LogP contribution in [0.25, 0.3) is 0 Å². The van der Waals surface area contributed by atoms with Crippen LogP contribution in [0.2, 0.25) is 0 Å². The summed E-state index contributed by atoms with van der Waals surface area (Å²) >= 11 is 0. The maximum absolute atomic E-state index is 5.94. The molecule has 100 valence electrons. The van der Waals surface area contributed by atoms with Gasteiger partial charge in [0.15, 0.2) is 0 Å². The summed E-state index contributed by atoms with van der Waals surface area (Å²) in [5.74, 6) is 0. The number of hydrogen-bond donors (Lipinski definition) is 1. The molecule has 0 spiro atoms. The smallest absolute Gasteiger partial charge is 0.0674 e. The van der Waals surface area contributed by atoms with Crippen LogP contribution >= 0.6 is 0 Å². The van der Waals surface area contributed by atoms with E-state index in [2.05, 4.69) is 18.7 Å². The Morgan fingerprint density at radius 2 is 2.18 bits per heavy atom. The lowest BCUT2D eigenvalue weighted by molar-refractivity contribution is -0.0617. The maximum Gasteiger partial charge on any atom is 0.0674 e. The van der Waals surface area contributed by atoms with Gasteiger partial charge in [0.1, 0.15) is 0 Å². The van der Waals surface area contributed by atoms with Crippen molar-refractivity contribution in [3.63, 3.8) is 0 Å². The first kappa shape index (κ1) is 13.3. The molecular formula is C14H28N2O. The zero-order valence-electron chi connectivity index (χ0n) is 11.5. The van der Waals surface area contributed by atoms with Crippen molar-refractivity contribution >= 4 is 0 Å². The summed E-state index contributed by atoms with van der Waals surface area (Å²) in [6, 6.07) is 0.626. The summed E-state index contributed by atoms with van der Waals surface area (Å²) in [4.78, 5) is 2.63. The van der Waals surface area contributed by atoms with E-state index in [9.17, 15) is 0 Å². The topological polar surface area (TPSA) is 38.5 Å². The number of nitrogens with two attached hydrogens (primary N) is 1. The summed E-state index contributed by atoms with van der Waals surface area (Å²) in [6.07, 6.45) is 6.96. The summed E-state index contributed by atoms with van der Waals surface area (Å²) in [5.41, 5.74) is 6.42. The van der Waals surface area contributed by atoms with E-state index in [1.807, 2.05) is 0 Å². The van der Waals surface area contributed by atoms with Crippen molar-refractivity contribution in [3.05, 3.63) is 0 Å². The highest BCUT2D eigenvalue weighted by molar-refractivity contribution is 4.90. The minimum Gasteiger partial charge on any atom is -0.376 e. The Balaban J connectivity index is 1.83. The second kappa shape index (κ2) is 5.68. The number of rotatable bonds is 5. The Kier molecular flexibility index (Phi) is 4.45. The molecule has 2 aliphatic rings. The van der Waals surface area contributed by atoms with Gasteiger partial charge in [-0.1, -0.05) is 13.3 Å². The first-order valence-electron chi connectivity index (χ1n) is 7.25. The van der Waals surface area contributed by atoms with E-state index in [0.717, 1.165) is 19.7 Å². The minimum atomic E-state index is 0.396. The molecule has 0 amide bonds. The molecule has 3 nitrogen and oxygen atoms in total. The van der Waals surface area contributed by atoms with Gasteiger partial charge in [0.2, 0.25) is 0 Å². The molecule has 1 heterocycles. The lowest BCUT2D eigenvalue weighted by atomic mass is 9.66. The van der Waals surface area contributed by atoms with Gasteiger partial charge < -0.3 is 10.5 Å². The van der Waals surface area contributed by atoms with Crippen molar-refractivity contribution < 1.29 is 4.74 Å². The number of morpholine rings is 1. The highest BCUT2D eigenvalue weighted by Gasteiger charge is 2.36. The summed E-state index contributed by atoms with van der Waals surface area (Å²) in [6.45, 7) is 8.54. The van der Waals surface area contributed by atoms with Crippen molar-refractivity contribution in [2.45, 2.75) is 58.1 Å². The fraction of sp³-hybridized carbons (Fsp3) is 1.00. The first-order valence-corrected chi connectivity index (χ1v) is 7.25. The zero-order valence-corrected chi connectivity index (χ0v) is 11.5. The zero-order chi connectivity index (χ0) is 12.3. The highest BCUT2D eigenvalue weighted by Crippen LogP contribution is 2.43. The quantitative estimate of drug-likeness (QED) is 0.799. The molecule has 2 rings (SSSR count). The second-order valence-electron chi connectivity index (χ2n) is 6.01. The maximum atomic E-state index is 5.94. The molecule has 0 aromatic carbocycles. The Labute approximate surface area is 106 Å². The third-order valence-electron chi connectivity index (χ3n) is 4.83. The normalized spacial score (nSPS) is 33.4. The van der Waals surface area contributed by atoms with Crippen LogP contribution < -0.4 is 5.73 Å². The van der Waals surface area contributed by atoms with E-state index < -0.39 is 0 Å². The fourth-order valence-corrected chi connectivity index (χ4v) is 3.18. The van der Waals surface area contributed by atoms with Gasteiger partial charge in [-0.25, -0.2) is 0 Å². The Hall–Kier alpha value is -0.120. The lowest BCUT2D eigenvalue weighted by Crippen LogP contribution is -2.50. The predicted molar refractivity (Wildman–Crippen MR) is 71.0 cm³/mol. The van der Waals surface area contributed by atoms with Crippen molar-refractivity contribution in [2.24, 2.45) is 11.1 Å². The largest absolute Gasteiger partial charge is 0.376 e. The molecule has 2 N–H and O–H groups in total. The van der Waals surface area contributed by atoms with Crippen molar-refractivity contribution in [3.8, 4) is 0 Å². The van der Waals surface area contributed by atoms with Crippen LogP contribution in [0.15, 0.2) is 0 Å². The van der Waals surface area contributed by atoms with Gasteiger partial charge in [0.05, 0.1) is 12.7 Å². The average molecular weight is 240 g/mol. The second-order valence-corrected chi connectivity index (χ2v) is 6.01. The van der Waals surface area contributed by atoms with Gasteiger partial charge in [0, 0.05) is 12.6 Å². The van der Waals surface area contributed by atoms with Crippen LogP contribution in [0.1, 0.15) is 46.0 Å². The molecule has 2 unspecified atom stereocenters. The predicted octanol–water partition coefficient (Wildman–Crippen LogP) is 2.00. The standard InChI is InChI=1S/C14H28N2O/c1-3-13-10-17-12(2)9-16(13)8-7-14(11-15)5-4-6-14/h12-13H,3-11,15H2,1-2H3. The molecule has 0 radical (unpaired) electrons. The molecule has 2 atom stereocenters. The van der Waals surface area contributed by atoms with Crippen molar-refractivity contribution in [1.82, 2.24) is 4.90 Å². The molecule has 1 saturated carbocycles. The molecule has 0 aromatic rings. The van der Waals surface area contributed by atoms with E-state index in [4.69, 9.17) is 10.5 Å². The highest BCUT2D eigenvalue weighted by atomic mass is 16.5. The Morgan fingerprint density at radius 1 is 1.41 bits per heavy atom. The molecule has 1 saturated heterocycles. The van der Waals surface area contributed by atoms with E-state index in [1.165, 1.54) is 38.6 Å². The number of hydrogen-bond acceptors (Lipinski definition) is 3. The van der Waals surface area contributed by atoms with E-state index in [1.54, 1.807) is 0 Å². The van der Waals surface area contributed by atoms with Gasteiger partial charge in [0.25, 0.3) is 0 Å². The molecule has 2 fully saturated rings. The number of ether oxygens (including phenoxy) is 1. The number of nitrogens with zero attached hydrogens (tertiary/aromatic N) is 1. The van der Waals surface area contributed by atoms with E-state index in [-0.39, 0.29) is 0 Å². The van der Waals surface area contributed by atoms with E-state index >= 15 is 0 Å². The third-order valence-corrected chi connectivity index (χ3v) is 4.83. The average Bonchev–Trinajstić information content (AvgIpc) is 2.28. The van der Waals surface area contributed by atoms with Gasteiger partial charge >= 0.3 is 0 Å². The van der Waals surface area contributed by atoms with Crippen molar-refractivity contribution in [1.29, 1.82) is 0 Å². The fourth-order valence-electron chi connectivity index (χ4n) is 3.18. The Morgan fingerprint density at radius 3 is 2.71 bits per heavy atom. The van der Waals surface area contributed by atoms with Crippen LogP contribution in [0.3, 0.4) is 0 Å². The minimum absolute atomic E-state index is 0.396. The molecule has 0 aromatic heterocycles. The molecule has 1 aliphatic heterocycles. The van der Waals surface area contributed by atoms with Crippen LogP contribution in [0.4, 0.5) is 0 Å². The van der Waals surface area contributed by atoms with Crippen molar-refractivity contribution in [2.75, 3.05) is 26.2 Å². The van der Waals surface area contributed by atoms with Crippen LogP contribution in [-0.4, -0.2) is 43.3 Å². The molecule has 1 aliphatic carbocycles. The summed E-state index contributed by atoms with van der Waals surface area (Å²) in [5, 5.41) is 0. The van der Waals surface area contributed by atoms with Crippen LogP contribution in [0.5, 0.6) is 0 Å². The van der Waals surface area contributed by atoms with Gasteiger partial charge in [-0.15, -0.1) is 0 Å². The van der Waals surface area contributed by atoms with Gasteiger partial charge in [-0.05, 0) is 51.1 Å². The molecule has 0 bridgehead atoms. The molecule has 3 heteroatoms. The first-order chi connectivity index (χ1) is 8.19. The lowest BCUT2D eigenvalue weighted by Gasteiger charge is -2.45. The summed E-state index contributed by atoms with van der Waals surface area (Å²) < 4.78 is 5.74. The molecule has 17 heavy (non-hydrogen) atoms. The third kappa shape index (κ3) is 3.01. The van der Waals surface area contributed by atoms with E-state index in [0.29, 0.717) is 17.6 Å². The SMILES string of the molecule is CCC1COC(C)CN1CCC1(CN)CCC1. The molecular weight excluding hydrogens is 212 g/mol. The van der Waals surface area contributed by atoms with Gasteiger partial charge in [-0.2, -0.15) is 0 Å².